The van der Waals surface area contributed by atoms with Gasteiger partial charge >= 0.3 is 0 Å². The number of hydrogen-bond donors (Lipinski definition) is 0. The summed E-state index contributed by atoms with van der Waals surface area (Å²) in [6.45, 7) is 4.97. The molecule has 1 aromatic carbocycles. The van der Waals surface area contributed by atoms with Gasteiger partial charge in [-0.05, 0) is 31.0 Å². The number of benzene rings is 1. The topological polar surface area (TPSA) is 75.6 Å². The summed E-state index contributed by atoms with van der Waals surface area (Å²) in [5.41, 5.74) is 1.78. The molecule has 2 aliphatic heterocycles. The number of rotatable bonds is 3. The second-order valence-corrected chi connectivity index (χ2v) is 8.12. The van der Waals surface area contributed by atoms with Gasteiger partial charge in [-0.2, -0.15) is 4.98 Å². The van der Waals surface area contributed by atoms with Gasteiger partial charge in [-0.25, -0.2) is 17.7 Å². The van der Waals surface area contributed by atoms with E-state index in [1.54, 1.807) is 24.4 Å². The fourth-order valence-electron chi connectivity index (χ4n) is 3.16. The summed E-state index contributed by atoms with van der Waals surface area (Å²) in [6.07, 6.45) is 2.38. The standard InChI is InChI=1S/C17H20N4O3S/c1-13-3-2-4-15(11-13)25(22,23)21-6-5-14-12-18-17(19-16(14)21)20-7-9-24-10-8-20/h2-4,11-12H,5-10H2,1H3. The first-order chi connectivity index (χ1) is 12.1. The molecular weight excluding hydrogens is 340 g/mol. The molecule has 7 nitrogen and oxygen atoms in total. The van der Waals surface area contributed by atoms with E-state index in [0.29, 0.717) is 55.9 Å². The second-order valence-electron chi connectivity index (χ2n) is 6.26. The highest BCUT2D eigenvalue weighted by atomic mass is 32.2. The van der Waals surface area contributed by atoms with Crippen molar-refractivity contribution < 1.29 is 13.2 Å². The number of morpholine rings is 1. The molecule has 2 aliphatic rings. The minimum atomic E-state index is -3.62. The lowest BCUT2D eigenvalue weighted by atomic mass is 10.2. The van der Waals surface area contributed by atoms with Crippen molar-refractivity contribution in [2.24, 2.45) is 0 Å². The molecule has 3 heterocycles. The zero-order valence-corrected chi connectivity index (χ0v) is 14.9. The Morgan fingerprint density at radius 3 is 2.72 bits per heavy atom. The maximum absolute atomic E-state index is 13.1. The lowest BCUT2D eigenvalue weighted by Crippen LogP contribution is -2.37. The van der Waals surface area contributed by atoms with E-state index in [2.05, 4.69) is 9.97 Å². The Labute approximate surface area is 147 Å². The van der Waals surface area contributed by atoms with Crippen LogP contribution in [0.2, 0.25) is 0 Å². The molecule has 1 saturated heterocycles. The monoisotopic (exact) mass is 360 g/mol. The molecule has 8 heteroatoms. The Kier molecular flexibility index (Phi) is 4.09. The number of fused-ring (bicyclic) bond motifs is 1. The molecule has 0 aliphatic carbocycles. The third-order valence-corrected chi connectivity index (χ3v) is 6.31. The summed E-state index contributed by atoms with van der Waals surface area (Å²) in [4.78, 5) is 11.3. The maximum Gasteiger partial charge on any atom is 0.265 e. The largest absolute Gasteiger partial charge is 0.378 e. The van der Waals surface area contributed by atoms with Crippen LogP contribution in [0, 0.1) is 6.92 Å². The summed E-state index contributed by atoms with van der Waals surface area (Å²) in [7, 11) is -3.62. The van der Waals surface area contributed by atoms with Crippen LogP contribution in [-0.2, 0) is 21.2 Å². The highest BCUT2D eigenvalue weighted by Crippen LogP contribution is 2.32. The zero-order chi connectivity index (χ0) is 17.4. The molecule has 0 unspecified atom stereocenters. The van der Waals surface area contributed by atoms with E-state index in [4.69, 9.17) is 4.74 Å². The number of aromatic nitrogens is 2. The number of sulfonamides is 1. The lowest BCUT2D eigenvalue weighted by molar-refractivity contribution is 0.122. The fourth-order valence-corrected chi connectivity index (χ4v) is 4.72. The molecule has 0 radical (unpaired) electrons. The predicted octanol–water partition coefficient (Wildman–Crippen LogP) is 1.37. The molecule has 0 bridgehead atoms. The van der Waals surface area contributed by atoms with Crippen LogP contribution >= 0.6 is 0 Å². The zero-order valence-electron chi connectivity index (χ0n) is 14.1. The van der Waals surface area contributed by atoms with E-state index in [9.17, 15) is 8.42 Å². The molecule has 0 atom stereocenters. The van der Waals surface area contributed by atoms with Crippen LogP contribution in [0.4, 0.5) is 11.8 Å². The summed E-state index contributed by atoms with van der Waals surface area (Å²) >= 11 is 0. The smallest absolute Gasteiger partial charge is 0.265 e. The number of anilines is 2. The van der Waals surface area contributed by atoms with Gasteiger partial charge in [0.25, 0.3) is 10.0 Å². The van der Waals surface area contributed by atoms with Crippen LogP contribution < -0.4 is 9.21 Å². The van der Waals surface area contributed by atoms with Gasteiger partial charge in [0.1, 0.15) is 0 Å². The van der Waals surface area contributed by atoms with Gasteiger partial charge < -0.3 is 9.64 Å². The first-order valence-electron chi connectivity index (χ1n) is 8.34. The number of nitrogens with zero attached hydrogens (tertiary/aromatic N) is 4. The van der Waals surface area contributed by atoms with E-state index >= 15 is 0 Å². The van der Waals surface area contributed by atoms with Crippen molar-refractivity contribution in [1.82, 2.24) is 9.97 Å². The molecule has 0 N–H and O–H groups in total. The molecule has 2 aromatic rings. The first kappa shape index (κ1) is 16.3. The van der Waals surface area contributed by atoms with Gasteiger partial charge in [-0.3, -0.25) is 0 Å². The minimum Gasteiger partial charge on any atom is -0.378 e. The third kappa shape index (κ3) is 2.96. The highest BCUT2D eigenvalue weighted by Gasteiger charge is 2.33. The van der Waals surface area contributed by atoms with Gasteiger partial charge in [0.15, 0.2) is 5.82 Å². The molecule has 0 amide bonds. The van der Waals surface area contributed by atoms with E-state index in [1.165, 1.54) is 4.31 Å². The predicted molar refractivity (Wildman–Crippen MR) is 94.5 cm³/mol. The van der Waals surface area contributed by atoms with Gasteiger partial charge in [0.05, 0.1) is 18.1 Å². The molecule has 25 heavy (non-hydrogen) atoms. The van der Waals surface area contributed by atoms with Crippen LogP contribution in [0.1, 0.15) is 11.1 Å². The fraction of sp³-hybridized carbons (Fsp3) is 0.412. The number of ether oxygens (including phenoxy) is 1. The van der Waals surface area contributed by atoms with E-state index in [-0.39, 0.29) is 0 Å². The second kappa shape index (κ2) is 6.27. The lowest BCUT2D eigenvalue weighted by Gasteiger charge is -2.27. The Hall–Kier alpha value is -2.19. The SMILES string of the molecule is Cc1cccc(S(=O)(=O)N2CCc3cnc(N4CCOCC4)nc32)c1. The summed E-state index contributed by atoms with van der Waals surface area (Å²) in [6, 6.07) is 6.97. The summed E-state index contributed by atoms with van der Waals surface area (Å²) in [5, 5.41) is 0. The highest BCUT2D eigenvalue weighted by molar-refractivity contribution is 7.92. The van der Waals surface area contributed by atoms with E-state index in [0.717, 1.165) is 11.1 Å². The Balaban J connectivity index is 1.71. The summed E-state index contributed by atoms with van der Waals surface area (Å²) < 4.78 is 32.9. The van der Waals surface area contributed by atoms with Crippen molar-refractivity contribution in [2.45, 2.75) is 18.2 Å². The Morgan fingerprint density at radius 2 is 1.96 bits per heavy atom. The quantitative estimate of drug-likeness (QED) is 0.823. The maximum atomic E-state index is 13.1. The number of aryl methyl sites for hydroxylation is 1. The normalized spacial score (nSPS) is 17.6. The summed E-state index contributed by atoms with van der Waals surface area (Å²) in [5.74, 6) is 1.06. The number of hydrogen-bond acceptors (Lipinski definition) is 6. The molecule has 4 rings (SSSR count). The van der Waals surface area contributed by atoms with Gasteiger partial charge in [0, 0.05) is 31.4 Å². The van der Waals surface area contributed by atoms with Crippen LogP contribution in [0.3, 0.4) is 0 Å². The molecule has 1 aromatic heterocycles. The average molecular weight is 360 g/mol. The first-order valence-corrected chi connectivity index (χ1v) is 9.78. The average Bonchev–Trinajstić information content (AvgIpc) is 3.06. The van der Waals surface area contributed by atoms with Crippen LogP contribution in [-0.4, -0.2) is 51.2 Å². The van der Waals surface area contributed by atoms with Crippen LogP contribution in [0.15, 0.2) is 35.4 Å². The van der Waals surface area contributed by atoms with Crippen molar-refractivity contribution in [2.75, 3.05) is 42.1 Å². The molecule has 0 saturated carbocycles. The van der Waals surface area contributed by atoms with Crippen molar-refractivity contribution in [3.8, 4) is 0 Å². The molecule has 1 fully saturated rings. The molecule has 0 spiro atoms. The molecular formula is C17H20N4O3S. The van der Waals surface area contributed by atoms with Crippen LogP contribution in [0.25, 0.3) is 0 Å². The van der Waals surface area contributed by atoms with Gasteiger partial charge in [-0.1, -0.05) is 12.1 Å². The van der Waals surface area contributed by atoms with Crippen molar-refractivity contribution >= 4 is 21.8 Å². The van der Waals surface area contributed by atoms with Crippen molar-refractivity contribution in [1.29, 1.82) is 0 Å². The minimum absolute atomic E-state index is 0.298. The van der Waals surface area contributed by atoms with Crippen molar-refractivity contribution in [3.05, 3.63) is 41.6 Å². The third-order valence-electron chi connectivity index (χ3n) is 4.52. The van der Waals surface area contributed by atoms with Crippen LogP contribution in [0.5, 0.6) is 0 Å². The van der Waals surface area contributed by atoms with Gasteiger partial charge in [0.2, 0.25) is 5.95 Å². The van der Waals surface area contributed by atoms with Crippen molar-refractivity contribution in [3.63, 3.8) is 0 Å². The van der Waals surface area contributed by atoms with Gasteiger partial charge in [-0.15, -0.1) is 0 Å². The van der Waals surface area contributed by atoms with E-state index in [1.807, 2.05) is 17.9 Å². The molecule has 132 valence electrons. The van der Waals surface area contributed by atoms with E-state index < -0.39 is 10.0 Å². The Bertz CT molecular complexity index is 895. The Morgan fingerprint density at radius 1 is 1.16 bits per heavy atom.